The monoisotopic (exact) mass is 600 g/mol. The molecule has 1 heterocycles. The van der Waals surface area contributed by atoms with Gasteiger partial charge >= 0.3 is 0 Å². The van der Waals surface area contributed by atoms with E-state index in [1.807, 2.05) is 39.8 Å². The maximum Gasteiger partial charge on any atom is 0.243 e. The number of nitrogens with one attached hydrogen (secondary N) is 3. The third-order valence-electron chi connectivity index (χ3n) is 9.73. The Labute approximate surface area is 258 Å². The first-order valence-electron chi connectivity index (χ1n) is 16.8. The zero-order valence-electron chi connectivity index (χ0n) is 26.8. The minimum absolute atomic E-state index is 0.0567. The van der Waals surface area contributed by atoms with E-state index in [0.29, 0.717) is 24.5 Å². The zero-order valence-corrected chi connectivity index (χ0v) is 26.8. The number of amides is 3. The fourth-order valence-corrected chi connectivity index (χ4v) is 6.78. The van der Waals surface area contributed by atoms with Crippen LogP contribution in [0.2, 0.25) is 0 Å². The van der Waals surface area contributed by atoms with E-state index < -0.39 is 36.1 Å². The molecule has 0 bridgehead atoms. The minimum Gasteiger partial charge on any atom is -0.390 e. The first-order valence-corrected chi connectivity index (χ1v) is 16.8. The molecule has 6 atom stereocenters. The van der Waals surface area contributed by atoms with Crippen molar-refractivity contribution in [3.05, 3.63) is 30.1 Å². The topological polar surface area (TPSA) is 141 Å². The van der Waals surface area contributed by atoms with Gasteiger partial charge in [0.15, 0.2) is 0 Å². The van der Waals surface area contributed by atoms with Crippen molar-refractivity contribution in [2.75, 3.05) is 0 Å². The van der Waals surface area contributed by atoms with E-state index in [4.69, 9.17) is 0 Å². The van der Waals surface area contributed by atoms with Gasteiger partial charge in [-0.15, -0.1) is 0 Å². The van der Waals surface area contributed by atoms with E-state index in [-0.39, 0.29) is 36.1 Å². The average Bonchev–Trinajstić information content (AvgIpc) is 3.02. The normalized spacial score (nSPS) is 20.8. The molecule has 1 aromatic rings. The van der Waals surface area contributed by atoms with Gasteiger partial charge in [-0.2, -0.15) is 0 Å². The summed E-state index contributed by atoms with van der Waals surface area (Å²) < 4.78 is 0. The number of hydrogen-bond acceptors (Lipinski definition) is 6. The number of rotatable bonds is 15. The first kappa shape index (κ1) is 35.0. The Morgan fingerprint density at radius 2 is 1.53 bits per heavy atom. The van der Waals surface area contributed by atoms with Crippen molar-refractivity contribution >= 4 is 17.7 Å². The number of aliphatic hydroxyl groups is 2. The second-order valence-electron chi connectivity index (χ2n) is 13.4. The summed E-state index contributed by atoms with van der Waals surface area (Å²) in [4.78, 5) is 44.5. The minimum atomic E-state index is -1.41. The lowest BCUT2D eigenvalue weighted by Crippen LogP contribution is -2.58. The summed E-state index contributed by atoms with van der Waals surface area (Å²) >= 11 is 0. The molecule has 0 aliphatic heterocycles. The fraction of sp³-hybridized carbons (Fsp3) is 0.765. The molecule has 2 aliphatic carbocycles. The van der Waals surface area contributed by atoms with Crippen LogP contribution in [0.5, 0.6) is 0 Å². The molecular weight excluding hydrogens is 544 g/mol. The van der Waals surface area contributed by atoms with Crippen molar-refractivity contribution in [2.45, 2.75) is 136 Å². The van der Waals surface area contributed by atoms with Crippen LogP contribution >= 0.6 is 0 Å². The highest BCUT2D eigenvalue weighted by Crippen LogP contribution is 2.31. The number of carbonyl (C=O) groups excluding carboxylic acids is 3. The van der Waals surface area contributed by atoms with Crippen LogP contribution in [0.1, 0.15) is 110 Å². The van der Waals surface area contributed by atoms with Crippen LogP contribution in [0.15, 0.2) is 24.4 Å². The lowest BCUT2D eigenvalue weighted by Gasteiger charge is -2.37. The third-order valence-corrected chi connectivity index (χ3v) is 9.73. The van der Waals surface area contributed by atoms with E-state index in [2.05, 4.69) is 20.9 Å². The molecule has 0 spiro atoms. The van der Waals surface area contributed by atoms with E-state index in [1.165, 1.54) is 6.42 Å². The van der Waals surface area contributed by atoms with Gasteiger partial charge in [0.25, 0.3) is 0 Å². The quantitative estimate of drug-likeness (QED) is 0.204. The number of pyridine rings is 1. The van der Waals surface area contributed by atoms with Crippen molar-refractivity contribution < 1.29 is 24.6 Å². The smallest absolute Gasteiger partial charge is 0.243 e. The molecular formula is C34H56N4O5. The van der Waals surface area contributed by atoms with Crippen molar-refractivity contribution in [3.8, 4) is 0 Å². The number of aromatic nitrogens is 1. The predicted molar refractivity (Wildman–Crippen MR) is 168 cm³/mol. The van der Waals surface area contributed by atoms with Crippen LogP contribution in [0.4, 0.5) is 0 Å². The van der Waals surface area contributed by atoms with Crippen molar-refractivity contribution in [3.63, 3.8) is 0 Å². The molecule has 9 heteroatoms. The van der Waals surface area contributed by atoms with Crippen LogP contribution in [0.25, 0.3) is 0 Å². The van der Waals surface area contributed by atoms with Crippen LogP contribution in [-0.4, -0.2) is 57.2 Å². The fourth-order valence-electron chi connectivity index (χ4n) is 6.78. The average molecular weight is 601 g/mol. The Morgan fingerprint density at radius 3 is 2.12 bits per heavy atom. The summed E-state index contributed by atoms with van der Waals surface area (Å²) in [5, 5.41) is 32.1. The van der Waals surface area contributed by atoms with E-state index in [9.17, 15) is 24.6 Å². The molecule has 0 unspecified atom stereocenters. The molecule has 3 amide bonds. The van der Waals surface area contributed by atoms with Crippen LogP contribution in [-0.2, 0) is 20.9 Å². The molecule has 2 fully saturated rings. The van der Waals surface area contributed by atoms with Crippen molar-refractivity contribution in [2.24, 2.45) is 29.6 Å². The highest BCUT2D eigenvalue weighted by molar-refractivity contribution is 5.89. The van der Waals surface area contributed by atoms with Gasteiger partial charge in [-0.1, -0.05) is 91.5 Å². The maximum atomic E-state index is 13.8. The first-order chi connectivity index (χ1) is 20.6. The molecule has 43 heavy (non-hydrogen) atoms. The van der Waals surface area contributed by atoms with Crippen LogP contribution in [0, 0.1) is 29.6 Å². The number of hydrogen-bond donors (Lipinski definition) is 5. The van der Waals surface area contributed by atoms with Crippen LogP contribution < -0.4 is 16.0 Å². The summed E-state index contributed by atoms with van der Waals surface area (Å²) in [6.45, 7) is 7.76. The highest BCUT2D eigenvalue weighted by Gasteiger charge is 2.41. The third kappa shape index (κ3) is 10.6. The molecule has 2 saturated carbocycles. The molecule has 0 aromatic carbocycles. The van der Waals surface area contributed by atoms with Gasteiger partial charge in [0.1, 0.15) is 12.1 Å². The van der Waals surface area contributed by atoms with Gasteiger partial charge in [0.05, 0.1) is 30.3 Å². The van der Waals surface area contributed by atoms with E-state index in [0.717, 1.165) is 57.8 Å². The summed E-state index contributed by atoms with van der Waals surface area (Å²) in [6, 6.07) is 4.02. The Kier molecular flexibility index (Phi) is 14.4. The SMILES string of the molecule is CC[C@H](C)[C@H](NC(=O)[C@H](C(C)C)[C@@H](O)[C@H](O)[C@@H](CC1CCCCC1)NC(=O)C1CCCCC1)C(=O)NCc1ccccn1. The van der Waals surface area contributed by atoms with Gasteiger partial charge in [0.2, 0.25) is 17.7 Å². The largest absolute Gasteiger partial charge is 0.390 e. The Bertz CT molecular complexity index is 994. The van der Waals surface area contributed by atoms with E-state index in [1.54, 1.807) is 12.3 Å². The summed E-state index contributed by atoms with van der Waals surface area (Å²) in [7, 11) is 0. The predicted octanol–water partition coefficient (Wildman–Crippen LogP) is 4.26. The number of carbonyl (C=O) groups is 3. The lowest BCUT2D eigenvalue weighted by molar-refractivity contribution is -0.141. The molecule has 0 saturated heterocycles. The molecule has 0 radical (unpaired) electrons. The molecule has 3 rings (SSSR count). The van der Waals surface area contributed by atoms with Crippen molar-refractivity contribution in [1.82, 2.24) is 20.9 Å². The standard InChI is InChI=1S/C34H56N4O5/c1-5-23(4)29(34(43)36-21-26-18-12-13-19-35-26)38-33(42)28(22(2)3)31(40)30(39)27(20-24-14-8-6-9-15-24)37-32(41)25-16-10-7-11-17-25/h12-13,18-19,22-25,27-31,39-40H,5-11,14-17,20-21H2,1-4H3,(H,36,43)(H,37,41)(H,38,42)/t23-,27+,28+,29-,30+,31+/m0/s1. The number of nitrogens with zero attached hydrogens (tertiary/aromatic N) is 1. The maximum absolute atomic E-state index is 13.8. The van der Waals surface area contributed by atoms with Gasteiger partial charge in [0, 0.05) is 12.1 Å². The van der Waals surface area contributed by atoms with Gasteiger partial charge in [-0.05, 0) is 49.1 Å². The Morgan fingerprint density at radius 1 is 0.884 bits per heavy atom. The molecule has 5 N–H and O–H groups in total. The Balaban J connectivity index is 1.74. The van der Waals surface area contributed by atoms with Crippen molar-refractivity contribution in [1.29, 1.82) is 0 Å². The van der Waals surface area contributed by atoms with Gasteiger partial charge < -0.3 is 26.2 Å². The van der Waals surface area contributed by atoms with Gasteiger partial charge in [-0.25, -0.2) is 0 Å². The highest BCUT2D eigenvalue weighted by atomic mass is 16.3. The second-order valence-corrected chi connectivity index (χ2v) is 13.4. The lowest BCUT2D eigenvalue weighted by atomic mass is 9.79. The summed E-state index contributed by atoms with van der Waals surface area (Å²) in [5.74, 6) is -2.01. The summed E-state index contributed by atoms with van der Waals surface area (Å²) in [6.07, 6.45) is 10.6. The Hall–Kier alpha value is -2.52. The zero-order chi connectivity index (χ0) is 31.4. The summed E-state index contributed by atoms with van der Waals surface area (Å²) in [5.41, 5.74) is 0.711. The van der Waals surface area contributed by atoms with Crippen LogP contribution in [0.3, 0.4) is 0 Å². The number of aliphatic hydroxyl groups excluding tert-OH is 2. The molecule has 1 aromatic heterocycles. The molecule has 2 aliphatic rings. The molecule has 9 nitrogen and oxygen atoms in total. The van der Waals surface area contributed by atoms with Gasteiger partial charge in [-0.3, -0.25) is 19.4 Å². The van der Waals surface area contributed by atoms with E-state index >= 15 is 0 Å². The second kappa shape index (κ2) is 17.7. The molecule has 242 valence electrons.